The number of hydrogen-bond donors (Lipinski definition) is 2. The van der Waals surface area contributed by atoms with Crippen LogP contribution in [0.5, 0.6) is 0 Å². The van der Waals surface area contributed by atoms with Gasteiger partial charge in [-0.25, -0.2) is 4.57 Å². The number of unbranched alkanes of at least 4 members (excludes halogenated alkanes) is 13. The standard InChI is InChI=1S/C29H56NO8P/c1-3-5-7-9-11-12-13-14-16-18-20-22-29(32)38-27(26-37-39(33,34)36-24-23-30)25-35-28(31)21-19-17-15-10-8-6-4-2/h9,11,27H,3-8,10,12-26,30H2,1-2H3,(H,33,34)/b11-9+/t27-/m1/s1. The van der Waals surface area contributed by atoms with Crippen LogP contribution in [0.25, 0.3) is 0 Å². The summed E-state index contributed by atoms with van der Waals surface area (Å²) < 4.78 is 32.3. The van der Waals surface area contributed by atoms with E-state index in [9.17, 15) is 19.0 Å². The third-order valence-corrected chi connectivity index (χ3v) is 7.14. The van der Waals surface area contributed by atoms with E-state index in [4.69, 9.17) is 24.3 Å². The second-order valence-corrected chi connectivity index (χ2v) is 11.4. The maximum Gasteiger partial charge on any atom is 0.472 e. The molecule has 0 saturated heterocycles. The summed E-state index contributed by atoms with van der Waals surface area (Å²) in [6, 6.07) is 0. The van der Waals surface area contributed by atoms with Crippen LogP contribution in [0.15, 0.2) is 12.2 Å². The number of rotatable bonds is 28. The largest absolute Gasteiger partial charge is 0.472 e. The number of ether oxygens (including phenoxy) is 2. The van der Waals surface area contributed by atoms with Gasteiger partial charge >= 0.3 is 19.8 Å². The van der Waals surface area contributed by atoms with Gasteiger partial charge in [0.05, 0.1) is 13.2 Å². The molecule has 0 bridgehead atoms. The zero-order valence-corrected chi connectivity index (χ0v) is 25.5. The Morgan fingerprint density at radius 2 is 1.28 bits per heavy atom. The molecule has 0 heterocycles. The molecule has 0 amide bonds. The van der Waals surface area contributed by atoms with E-state index in [-0.39, 0.29) is 32.6 Å². The van der Waals surface area contributed by atoms with Crippen LogP contribution >= 0.6 is 7.82 Å². The maximum absolute atomic E-state index is 12.4. The monoisotopic (exact) mass is 577 g/mol. The summed E-state index contributed by atoms with van der Waals surface area (Å²) in [4.78, 5) is 34.3. The number of phosphoric ester groups is 1. The maximum atomic E-state index is 12.4. The molecule has 0 aromatic heterocycles. The highest BCUT2D eigenvalue weighted by Gasteiger charge is 2.25. The van der Waals surface area contributed by atoms with Gasteiger partial charge in [-0.3, -0.25) is 18.6 Å². The van der Waals surface area contributed by atoms with Crippen molar-refractivity contribution >= 4 is 19.8 Å². The minimum atomic E-state index is -4.35. The van der Waals surface area contributed by atoms with E-state index in [0.29, 0.717) is 6.42 Å². The van der Waals surface area contributed by atoms with Crippen LogP contribution < -0.4 is 5.73 Å². The van der Waals surface area contributed by atoms with E-state index < -0.39 is 32.5 Å². The summed E-state index contributed by atoms with van der Waals surface area (Å²) in [5, 5.41) is 0. The fraction of sp³-hybridized carbons (Fsp3) is 0.862. The molecule has 0 aliphatic rings. The van der Waals surface area contributed by atoms with Crippen molar-refractivity contribution in [2.24, 2.45) is 5.73 Å². The lowest BCUT2D eigenvalue weighted by Crippen LogP contribution is -2.29. The van der Waals surface area contributed by atoms with Gasteiger partial charge < -0.3 is 20.1 Å². The molecule has 0 spiro atoms. The van der Waals surface area contributed by atoms with Crippen molar-refractivity contribution < 1.29 is 37.6 Å². The molecule has 0 aromatic rings. The Bertz CT molecular complexity index is 674. The number of esters is 2. The second kappa shape index (κ2) is 26.9. The van der Waals surface area contributed by atoms with Gasteiger partial charge in [-0.2, -0.15) is 0 Å². The normalized spacial score (nSPS) is 13.8. The van der Waals surface area contributed by atoms with Crippen molar-refractivity contribution in [1.29, 1.82) is 0 Å². The van der Waals surface area contributed by atoms with Gasteiger partial charge in [-0.15, -0.1) is 0 Å². The highest BCUT2D eigenvalue weighted by Crippen LogP contribution is 2.43. The Labute approximate surface area is 237 Å². The minimum absolute atomic E-state index is 0.0538. The molecule has 2 atom stereocenters. The summed E-state index contributed by atoms with van der Waals surface area (Å²) in [7, 11) is -4.35. The van der Waals surface area contributed by atoms with Crippen molar-refractivity contribution in [3.8, 4) is 0 Å². The predicted molar refractivity (Wildman–Crippen MR) is 155 cm³/mol. The van der Waals surface area contributed by atoms with Crippen LogP contribution in [0, 0.1) is 0 Å². The van der Waals surface area contributed by atoms with Gasteiger partial charge in [0.15, 0.2) is 6.10 Å². The molecule has 0 rings (SSSR count). The smallest absolute Gasteiger partial charge is 0.462 e. The first kappa shape index (κ1) is 37.8. The molecule has 1 unspecified atom stereocenters. The van der Waals surface area contributed by atoms with Gasteiger partial charge in [-0.1, -0.05) is 96.6 Å². The average Bonchev–Trinajstić information content (AvgIpc) is 2.91. The Balaban J connectivity index is 4.36. The first-order chi connectivity index (χ1) is 18.8. The molecule has 3 N–H and O–H groups in total. The molecule has 0 saturated carbocycles. The summed E-state index contributed by atoms with van der Waals surface area (Å²) in [6.45, 7) is 3.59. The van der Waals surface area contributed by atoms with Gasteiger partial charge in [0.1, 0.15) is 6.61 Å². The van der Waals surface area contributed by atoms with Gasteiger partial charge in [0, 0.05) is 19.4 Å². The Hall–Kier alpha value is -1.25. The number of phosphoric acid groups is 1. The first-order valence-electron chi connectivity index (χ1n) is 15.2. The number of carbonyl (C=O) groups excluding carboxylic acids is 2. The van der Waals surface area contributed by atoms with E-state index >= 15 is 0 Å². The lowest BCUT2D eigenvalue weighted by Gasteiger charge is -2.19. The van der Waals surface area contributed by atoms with Crippen molar-refractivity contribution in [2.45, 2.75) is 136 Å². The van der Waals surface area contributed by atoms with E-state index in [1.54, 1.807) is 0 Å². The van der Waals surface area contributed by atoms with E-state index in [1.807, 2.05) is 0 Å². The lowest BCUT2D eigenvalue weighted by atomic mass is 10.1. The Morgan fingerprint density at radius 3 is 1.90 bits per heavy atom. The third kappa shape index (κ3) is 26.7. The van der Waals surface area contributed by atoms with Crippen molar-refractivity contribution in [2.75, 3.05) is 26.4 Å². The molecule has 0 fully saturated rings. The first-order valence-corrected chi connectivity index (χ1v) is 16.7. The van der Waals surface area contributed by atoms with Crippen molar-refractivity contribution in [3.05, 3.63) is 12.2 Å². The van der Waals surface area contributed by atoms with Crippen molar-refractivity contribution in [3.63, 3.8) is 0 Å². The molecular formula is C29H56NO8P. The summed E-state index contributed by atoms with van der Waals surface area (Å²) in [5.41, 5.74) is 5.29. The van der Waals surface area contributed by atoms with Crippen LogP contribution in [-0.2, 0) is 32.7 Å². The topological polar surface area (TPSA) is 134 Å². The van der Waals surface area contributed by atoms with Gasteiger partial charge in [-0.05, 0) is 32.1 Å². The molecule has 0 aliphatic carbocycles. The molecule has 0 radical (unpaired) electrons. The number of nitrogens with two attached hydrogens (primary N) is 1. The SMILES string of the molecule is CCCC/C=C/CCCCCCCC(=O)O[C@H](COC(=O)CCCCCCCCC)COP(=O)(O)OCCN. The van der Waals surface area contributed by atoms with Crippen LogP contribution in [0.3, 0.4) is 0 Å². The molecular weight excluding hydrogens is 521 g/mol. The Morgan fingerprint density at radius 1 is 0.744 bits per heavy atom. The molecule has 9 nitrogen and oxygen atoms in total. The Kier molecular flexibility index (Phi) is 26.1. The van der Waals surface area contributed by atoms with Crippen LogP contribution in [-0.4, -0.2) is 49.3 Å². The summed E-state index contributed by atoms with van der Waals surface area (Å²) >= 11 is 0. The fourth-order valence-electron chi connectivity index (χ4n) is 3.85. The van der Waals surface area contributed by atoms with Crippen LogP contribution in [0.4, 0.5) is 0 Å². The predicted octanol–water partition coefficient (Wildman–Crippen LogP) is 7.15. The number of allylic oxidation sites excluding steroid dienone is 2. The highest BCUT2D eigenvalue weighted by atomic mass is 31.2. The number of carbonyl (C=O) groups is 2. The summed E-state index contributed by atoms with van der Waals surface area (Å²) in [5.74, 6) is -0.849. The molecule has 39 heavy (non-hydrogen) atoms. The quantitative estimate of drug-likeness (QED) is 0.0430. The van der Waals surface area contributed by atoms with Crippen LogP contribution in [0.2, 0.25) is 0 Å². The van der Waals surface area contributed by atoms with E-state index in [0.717, 1.165) is 57.8 Å². The molecule has 0 aliphatic heterocycles. The highest BCUT2D eigenvalue weighted by molar-refractivity contribution is 7.47. The molecule has 10 heteroatoms. The van der Waals surface area contributed by atoms with E-state index in [1.165, 1.54) is 38.5 Å². The average molecular weight is 578 g/mol. The van der Waals surface area contributed by atoms with Gasteiger partial charge in [0.25, 0.3) is 0 Å². The second-order valence-electron chi connectivity index (χ2n) is 9.97. The zero-order chi connectivity index (χ0) is 29.0. The van der Waals surface area contributed by atoms with E-state index in [2.05, 4.69) is 26.0 Å². The van der Waals surface area contributed by atoms with Gasteiger partial charge in [0.2, 0.25) is 0 Å². The number of hydrogen-bond acceptors (Lipinski definition) is 8. The zero-order valence-electron chi connectivity index (χ0n) is 24.6. The minimum Gasteiger partial charge on any atom is -0.462 e. The lowest BCUT2D eigenvalue weighted by molar-refractivity contribution is -0.161. The van der Waals surface area contributed by atoms with Crippen molar-refractivity contribution in [1.82, 2.24) is 0 Å². The van der Waals surface area contributed by atoms with Crippen LogP contribution in [0.1, 0.15) is 129 Å². The third-order valence-electron chi connectivity index (χ3n) is 6.15. The molecule has 0 aromatic carbocycles. The fourth-order valence-corrected chi connectivity index (χ4v) is 4.61. The molecule has 230 valence electrons. The summed E-state index contributed by atoms with van der Waals surface area (Å²) in [6.07, 6.45) is 21.2.